The van der Waals surface area contributed by atoms with E-state index in [1.54, 1.807) is 12.2 Å². The number of hydrogen-bond acceptors (Lipinski definition) is 4. The van der Waals surface area contributed by atoms with Gasteiger partial charge in [-0.2, -0.15) is 0 Å². The molecule has 0 saturated carbocycles. The van der Waals surface area contributed by atoms with E-state index in [0.29, 0.717) is 6.42 Å². The van der Waals surface area contributed by atoms with Crippen LogP contribution in [0.5, 0.6) is 0 Å². The monoisotopic (exact) mass is 1350 g/mol. The van der Waals surface area contributed by atoms with E-state index >= 15 is 0 Å². The molecule has 0 aromatic carbocycles. The average molecular weight is 1350 g/mol. The summed E-state index contributed by atoms with van der Waals surface area (Å²) < 4.78 is 0. The Balaban J connectivity index is -0.0000000568. The summed E-state index contributed by atoms with van der Waals surface area (Å²) in [5.41, 5.74) is 0. The van der Waals surface area contributed by atoms with Crippen LogP contribution in [0.15, 0.2) is 24.3 Å². The molecule has 0 aromatic rings. The molecule has 4 atom stereocenters. The van der Waals surface area contributed by atoms with Gasteiger partial charge in [0.05, 0.1) is 23.7 Å². The second-order valence-corrected chi connectivity index (χ2v) is 6.02. The fourth-order valence-corrected chi connectivity index (χ4v) is 2.46. The van der Waals surface area contributed by atoms with Crippen molar-refractivity contribution < 1.29 is 399 Å². The zero-order chi connectivity index (χ0) is 20.3. The standard InChI is InChI=1S/C18H26O8.11Y/c1-3-4-5-9-13(17(23)24)14(18(25)26)10-7-6-8-12(16(21)22)11(2)15(19)20;;;;;;;;;;;/h4-7,11-14H,3,8-10H2,1-2H3,(H,19,20)(H,21,22)(H,23,24)(H,25,26);;;;;;;;;;;. The first-order valence-corrected chi connectivity index (χ1v) is 8.34. The molecule has 4 unspecified atom stereocenters. The molecule has 11 radical (unpaired) electrons. The van der Waals surface area contributed by atoms with Gasteiger partial charge in [-0.05, 0) is 25.7 Å². The van der Waals surface area contributed by atoms with Crippen molar-refractivity contribution in [3.05, 3.63) is 24.3 Å². The predicted octanol–water partition coefficient (Wildman–Crippen LogP) is 2.47. The van der Waals surface area contributed by atoms with Crippen LogP contribution >= 0.6 is 0 Å². The van der Waals surface area contributed by atoms with Gasteiger partial charge < -0.3 is 20.4 Å². The zero-order valence-electron chi connectivity index (χ0n) is 21.2. The molecule has 0 aliphatic heterocycles. The molecular weight excluding hydrogens is 1320 g/mol. The molecular formula is C18H26O8Y11. The second kappa shape index (κ2) is 52.3. The number of hydrogen-bond donors (Lipinski definition) is 4. The molecule has 0 heterocycles. The Morgan fingerprint density at radius 3 is 0.946 bits per heavy atom. The SMILES string of the molecule is CCC=CCC(C(=O)O)C(CC=CCC(C(=O)O)C(C)C(=O)O)C(=O)O.[Y].[Y].[Y].[Y].[Y].[Y].[Y].[Y].[Y].[Y].[Y]. The van der Waals surface area contributed by atoms with Crippen molar-refractivity contribution in [1.82, 2.24) is 0 Å². The molecule has 0 fully saturated rings. The third-order valence-electron chi connectivity index (χ3n) is 4.17. The summed E-state index contributed by atoms with van der Waals surface area (Å²) >= 11 is 0. The molecule has 0 amide bonds. The van der Waals surface area contributed by atoms with Gasteiger partial charge in [-0.15, -0.1) is 0 Å². The predicted molar refractivity (Wildman–Crippen MR) is 92.6 cm³/mol. The van der Waals surface area contributed by atoms with E-state index in [1.807, 2.05) is 6.92 Å². The first kappa shape index (κ1) is 80.9. The van der Waals surface area contributed by atoms with Crippen LogP contribution in [0.4, 0.5) is 0 Å². The third-order valence-corrected chi connectivity index (χ3v) is 4.17. The summed E-state index contributed by atoms with van der Waals surface area (Å²) in [4.78, 5) is 44.9. The minimum atomic E-state index is -1.26. The van der Waals surface area contributed by atoms with Crippen LogP contribution in [-0.2, 0) is 379 Å². The van der Waals surface area contributed by atoms with Crippen LogP contribution in [0.25, 0.3) is 0 Å². The number of allylic oxidation sites excluding steroid dienone is 4. The maximum atomic E-state index is 11.4. The number of carboxylic acids is 4. The van der Waals surface area contributed by atoms with Crippen LogP contribution in [0.1, 0.15) is 39.5 Å². The molecule has 179 valence electrons. The molecule has 0 aliphatic rings. The van der Waals surface area contributed by atoms with Gasteiger partial charge in [0.25, 0.3) is 0 Å². The summed E-state index contributed by atoms with van der Waals surface area (Å²) in [6, 6.07) is 0. The summed E-state index contributed by atoms with van der Waals surface area (Å²) in [6.45, 7) is 3.16. The maximum absolute atomic E-state index is 11.4. The molecule has 0 spiro atoms. The Morgan fingerprint density at radius 2 is 0.730 bits per heavy atom. The quantitative estimate of drug-likeness (QED) is 0.206. The summed E-state index contributed by atoms with van der Waals surface area (Å²) in [5.74, 6) is -9.46. The fraction of sp³-hybridized carbons (Fsp3) is 0.556. The van der Waals surface area contributed by atoms with E-state index in [0.717, 1.165) is 0 Å². The molecule has 8 nitrogen and oxygen atoms in total. The molecule has 19 heteroatoms. The van der Waals surface area contributed by atoms with Gasteiger partial charge >= 0.3 is 23.9 Å². The largest absolute Gasteiger partial charge is 0.481 e. The summed E-state index contributed by atoms with van der Waals surface area (Å²) in [7, 11) is 0. The van der Waals surface area contributed by atoms with Crippen LogP contribution < -0.4 is 0 Å². The first-order valence-electron chi connectivity index (χ1n) is 8.34. The van der Waals surface area contributed by atoms with Crippen LogP contribution in [0, 0.1) is 23.7 Å². The van der Waals surface area contributed by atoms with E-state index in [9.17, 15) is 29.4 Å². The van der Waals surface area contributed by atoms with Gasteiger partial charge in [-0.1, -0.05) is 38.2 Å². The smallest absolute Gasteiger partial charge is 0.307 e. The number of carboxylic acid groups (broad SMARTS) is 4. The topological polar surface area (TPSA) is 149 Å². The number of rotatable bonds is 13. The molecule has 0 bridgehead atoms. The van der Waals surface area contributed by atoms with E-state index in [2.05, 4.69) is 0 Å². The minimum Gasteiger partial charge on any atom is -0.481 e. The third kappa shape index (κ3) is 41.6. The van der Waals surface area contributed by atoms with Crippen LogP contribution in [0.2, 0.25) is 0 Å². The van der Waals surface area contributed by atoms with E-state index < -0.39 is 47.5 Å². The van der Waals surface area contributed by atoms with Crippen molar-refractivity contribution in [3.63, 3.8) is 0 Å². The van der Waals surface area contributed by atoms with Gasteiger partial charge in [0.1, 0.15) is 0 Å². The van der Waals surface area contributed by atoms with Gasteiger partial charge in [-0.3, -0.25) is 19.2 Å². The van der Waals surface area contributed by atoms with Gasteiger partial charge in [-0.25, -0.2) is 0 Å². The van der Waals surface area contributed by atoms with Gasteiger partial charge in [0.15, 0.2) is 0 Å². The maximum Gasteiger partial charge on any atom is 0.307 e. The van der Waals surface area contributed by atoms with Crippen LogP contribution in [-0.4, -0.2) is 44.3 Å². The Morgan fingerprint density at radius 1 is 0.486 bits per heavy atom. The second-order valence-electron chi connectivity index (χ2n) is 6.02. The van der Waals surface area contributed by atoms with Gasteiger partial charge in [0.2, 0.25) is 0 Å². The Bertz CT molecular complexity index is 596. The summed E-state index contributed by atoms with van der Waals surface area (Å²) in [6.07, 6.45) is 6.83. The molecule has 0 aliphatic carbocycles. The molecule has 4 N–H and O–H groups in total. The van der Waals surface area contributed by atoms with Crippen molar-refractivity contribution in [2.45, 2.75) is 39.5 Å². The molecule has 0 rings (SSSR count). The Hall–Kier alpha value is 9.50. The number of aliphatic carboxylic acids is 4. The molecule has 37 heavy (non-hydrogen) atoms. The van der Waals surface area contributed by atoms with E-state index in [1.165, 1.54) is 19.1 Å². The van der Waals surface area contributed by atoms with E-state index in [-0.39, 0.29) is 379 Å². The van der Waals surface area contributed by atoms with Crippen molar-refractivity contribution in [3.8, 4) is 0 Å². The molecule has 0 aromatic heterocycles. The van der Waals surface area contributed by atoms with Crippen molar-refractivity contribution in [2.24, 2.45) is 23.7 Å². The fourth-order valence-electron chi connectivity index (χ4n) is 2.46. The van der Waals surface area contributed by atoms with Crippen LogP contribution in [0.3, 0.4) is 0 Å². The Labute approximate surface area is 497 Å². The minimum absolute atomic E-state index is 0. The number of carbonyl (C=O) groups is 4. The average Bonchev–Trinajstić information content (AvgIpc) is 2.54. The zero-order valence-corrected chi connectivity index (χ0v) is 52.4. The normalized spacial score (nSPS) is 11.4. The summed E-state index contributed by atoms with van der Waals surface area (Å²) in [5, 5.41) is 36.6. The Kier molecular flexibility index (Phi) is 114. The van der Waals surface area contributed by atoms with Crippen molar-refractivity contribution >= 4 is 23.9 Å². The van der Waals surface area contributed by atoms with Crippen molar-refractivity contribution in [1.29, 1.82) is 0 Å². The first-order chi connectivity index (χ1) is 12.1. The van der Waals surface area contributed by atoms with Crippen molar-refractivity contribution in [2.75, 3.05) is 0 Å². The van der Waals surface area contributed by atoms with E-state index in [4.69, 9.17) is 10.2 Å². The molecule has 0 saturated heterocycles. The van der Waals surface area contributed by atoms with Gasteiger partial charge in [0, 0.05) is 360 Å².